The molecular formula is C21H28O2. The van der Waals surface area contributed by atoms with Gasteiger partial charge in [0.1, 0.15) is 12.4 Å². The molecule has 0 unspecified atom stereocenters. The number of benzene rings is 1. The number of aliphatic hydroxyl groups excluding tert-OH is 1. The van der Waals surface area contributed by atoms with Crippen molar-refractivity contribution >= 4 is 0 Å². The Labute approximate surface area is 139 Å². The molecular weight excluding hydrogens is 284 g/mol. The molecule has 3 aliphatic carbocycles. The molecule has 0 spiro atoms. The van der Waals surface area contributed by atoms with Crippen LogP contribution in [0.25, 0.3) is 0 Å². The Bertz CT molecular complexity index is 608. The molecule has 0 aliphatic heterocycles. The first-order chi connectivity index (χ1) is 11.1. The summed E-state index contributed by atoms with van der Waals surface area (Å²) in [5.74, 6) is 3.13. The third-order valence-corrected chi connectivity index (χ3v) is 6.81. The first-order valence-corrected chi connectivity index (χ1v) is 9.15. The zero-order valence-electron chi connectivity index (χ0n) is 14.1. The summed E-state index contributed by atoms with van der Waals surface area (Å²) in [6, 6.07) is 6.67. The number of aliphatic hydroxyl groups is 1. The van der Waals surface area contributed by atoms with Gasteiger partial charge in [0.05, 0.1) is 6.10 Å². The number of hydrogen-bond acceptors (Lipinski definition) is 2. The van der Waals surface area contributed by atoms with Crippen LogP contribution >= 0.6 is 0 Å². The van der Waals surface area contributed by atoms with E-state index in [1.54, 1.807) is 11.6 Å². The minimum absolute atomic E-state index is 0.0696. The third-order valence-electron chi connectivity index (χ3n) is 6.81. The van der Waals surface area contributed by atoms with E-state index in [4.69, 9.17) is 4.74 Å². The smallest absolute Gasteiger partial charge is 0.120 e. The highest BCUT2D eigenvalue weighted by Crippen LogP contribution is 2.60. The molecule has 3 aliphatic rings. The summed E-state index contributed by atoms with van der Waals surface area (Å²) >= 11 is 0. The van der Waals surface area contributed by atoms with Gasteiger partial charge >= 0.3 is 0 Å². The number of ether oxygens (including phenoxy) is 1. The maximum absolute atomic E-state index is 10.2. The van der Waals surface area contributed by atoms with E-state index in [1.165, 1.54) is 24.8 Å². The van der Waals surface area contributed by atoms with Crippen molar-refractivity contribution in [2.75, 3.05) is 6.61 Å². The molecule has 4 rings (SSSR count). The van der Waals surface area contributed by atoms with Gasteiger partial charge in [0.2, 0.25) is 0 Å². The quantitative estimate of drug-likeness (QED) is 0.835. The zero-order chi connectivity index (χ0) is 16.0. The first kappa shape index (κ1) is 15.3. The van der Waals surface area contributed by atoms with Crippen molar-refractivity contribution in [2.45, 2.75) is 57.5 Å². The molecule has 1 N–H and O–H groups in total. The molecule has 0 amide bonds. The lowest BCUT2D eigenvalue weighted by Gasteiger charge is -2.49. The monoisotopic (exact) mass is 312 g/mol. The summed E-state index contributed by atoms with van der Waals surface area (Å²) in [6.07, 6.45) is 8.74. The molecule has 0 saturated heterocycles. The molecule has 0 heterocycles. The molecule has 1 aromatic carbocycles. The molecule has 0 bridgehead atoms. The molecule has 5 atom stereocenters. The Morgan fingerprint density at radius 2 is 2.26 bits per heavy atom. The van der Waals surface area contributed by atoms with Gasteiger partial charge in [-0.2, -0.15) is 0 Å². The summed E-state index contributed by atoms with van der Waals surface area (Å²) in [6.45, 7) is 6.71. The van der Waals surface area contributed by atoms with Crippen LogP contribution in [0.1, 0.15) is 56.1 Å². The van der Waals surface area contributed by atoms with E-state index in [1.807, 2.05) is 0 Å². The average Bonchev–Trinajstić information content (AvgIpc) is 2.86. The van der Waals surface area contributed by atoms with Gasteiger partial charge in [-0.05, 0) is 85.0 Å². The normalized spacial score (nSPS) is 38.3. The van der Waals surface area contributed by atoms with Crippen molar-refractivity contribution < 1.29 is 9.84 Å². The van der Waals surface area contributed by atoms with Crippen LogP contribution in [0.3, 0.4) is 0 Å². The summed E-state index contributed by atoms with van der Waals surface area (Å²) < 4.78 is 5.71. The highest BCUT2D eigenvalue weighted by atomic mass is 16.5. The molecule has 0 radical (unpaired) electrons. The second kappa shape index (κ2) is 5.66. The maximum atomic E-state index is 10.2. The van der Waals surface area contributed by atoms with Crippen LogP contribution < -0.4 is 4.74 Å². The summed E-state index contributed by atoms with van der Waals surface area (Å²) in [5.41, 5.74) is 3.41. The van der Waals surface area contributed by atoms with E-state index in [0.717, 1.165) is 30.9 Å². The Morgan fingerprint density at radius 1 is 1.39 bits per heavy atom. The van der Waals surface area contributed by atoms with Crippen LogP contribution in [0.2, 0.25) is 0 Å². The van der Waals surface area contributed by atoms with Gasteiger partial charge in [0.15, 0.2) is 0 Å². The fourth-order valence-electron chi connectivity index (χ4n) is 5.83. The number of aryl methyl sites for hydroxylation is 1. The fraction of sp³-hybridized carbons (Fsp3) is 0.619. The van der Waals surface area contributed by atoms with Crippen molar-refractivity contribution in [1.29, 1.82) is 0 Å². The van der Waals surface area contributed by atoms with Crippen LogP contribution in [-0.4, -0.2) is 17.8 Å². The van der Waals surface area contributed by atoms with Crippen molar-refractivity contribution in [2.24, 2.45) is 17.3 Å². The number of rotatable bonds is 3. The van der Waals surface area contributed by atoms with Gasteiger partial charge in [-0.25, -0.2) is 0 Å². The van der Waals surface area contributed by atoms with Crippen LogP contribution in [0.15, 0.2) is 30.9 Å². The fourth-order valence-corrected chi connectivity index (χ4v) is 5.83. The van der Waals surface area contributed by atoms with Crippen molar-refractivity contribution in [3.63, 3.8) is 0 Å². The largest absolute Gasteiger partial charge is 0.490 e. The first-order valence-electron chi connectivity index (χ1n) is 9.15. The van der Waals surface area contributed by atoms with Gasteiger partial charge in [-0.15, -0.1) is 0 Å². The predicted molar refractivity (Wildman–Crippen MR) is 92.8 cm³/mol. The lowest BCUT2D eigenvalue weighted by Crippen LogP contribution is -2.39. The Balaban J connectivity index is 1.60. The Kier molecular flexibility index (Phi) is 3.76. The van der Waals surface area contributed by atoms with Gasteiger partial charge in [0.25, 0.3) is 0 Å². The van der Waals surface area contributed by atoms with Gasteiger partial charge in [-0.1, -0.05) is 25.6 Å². The highest BCUT2D eigenvalue weighted by molar-refractivity contribution is 5.40. The van der Waals surface area contributed by atoms with Gasteiger partial charge < -0.3 is 9.84 Å². The molecule has 2 heteroatoms. The second-order valence-corrected chi connectivity index (χ2v) is 8.16. The molecule has 124 valence electrons. The number of hydrogen-bond donors (Lipinski definition) is 1. The van der Waals surface area contributed by atoms with Crippen LogP contribution in [0.5, 0.6) is 5.75 Å². The minimum atomic E-state index is -0.0696. The van der Waals surface area contributed by atoms with Gasteiger partial charge in [0, 0.05) is 0 Å². The minimum Gasteiger partial charge on any atom is -0.490 e. The average molecular weight is 312 g/mol. The van der Waals surface area contributed by atoms with Crippen LogP contribution in [0, 0.1) is 17.3 Å². The van der Waals surface area contributed by atoms with Crippen molar-refractivity contribution in [3.8, 4) is 5.75 Å². The Morgan fingerprint density at radius 3 is 3.09 bits per heavy atom. The molecule has 2 fully saturated rings. The summed E-state index contributed by atoms with van der Waals surface area (Å²) in [5, 5.41) is 10.2. The SMILES string of the molecule is C=CCOc1ccc2c(c1)CC[C@@H]1[C@@H]2CC[C@]2(C)C[C@H](O)C[C@@H]12. The van der Waals surface area contributed by atoms with E-state index >= 15 is 0 Å². The molecule has 0 aromatic heterocycles. The van der Waals surface area contributed by atoms with Crippen molar-refractivity contribution in [1.82, 2.24) is 0 Å². The van der Waals surface area contributed by atoms with E-state index in [-0.39, 0.29) is 6.10 Å². The Hall–Kier alpha value is -1.28. The molecule has 23 heavy (non-hydrogen) atoms. The highest BCUT2D eigenvalue weighted by Gasteiger charge is 2.52. The second-order valence-electron chi connectivity index (χ2n) is 8.16. The van der Waals surface area contributed by atoms with Crippen LogP contribution in [0.4, 0.5) is 0 Å². The van der Waals surface area contributed by atoms with Crippen molar-refractivity contribution in [3.05, 3.63) is 42.0 Å². The number of fused-ring (bicyclic) bond motifs is 5. The maximum Gasteiger partial charge on any atom is 0.120 e. The van der Waals surface area contributed by atoms with E-state index in [9.17, 15) is 5.11 Å². The molecule has 1 aromatic rings. The lowest BCUT2D eigenvalue weighted by molar-refractivity contribution is 0.0595. The topological polar surface area (TPSA) is 29.5 Å². The van der Waals surface area contributed by atoms with Gasteiger partial charge in [-0.3, -0.25) is 0 Å². The molecule has 2 saturated carbocycles. The predicted octanol–water partition coefficient (Wildman–Crippen LogP) is 4.47. The standard InChI is InChI=1S/C21H28O2/c1-3-10-23-16-5-7-17-14(11-16)4-6-19-18(17)8-9-21(2)13-15(22)12-20(19)21/h3,5,7,11,15,18-20,22H,1,4,6,8-10,12-13H2,2H3/t15-,18-,19-,20+,21-/m1/s1. The zero-order valence-corrected chi connectivity index (χ0v) is 14.1. The molecule has 2 nitrogen and oxygen atoms in total. The van der Waals surface area contributed by atoms with Crippen LogP contribution in [-0.2, 0) is 6.42 Å². The van der Waals surface area contributed by atoms with E-state index in [2.05, 4.69) is 31.7 Å². The lowest BCUT2D eigenvalue weighted by atomic mass is 9.56. The van der Waals surface area contributed by atoms with E-state index < -0.39 is 0 Å². The summed E-state index contributed by atoms with van der Waals surface area (Å²) in [7, 11) is 0. The third kappa shape index (κ3) is 2.52. The van der Waals surface area contributed by atoms with E-state index in [0.29, 0.717) is 23.9 Å². The summed E-state index contributed by atoms with van der Waals surface area (Å²) in [4.78, 5) is 0.